The van der Waals surface area contributed by atoms with Gasteiger partial charge in [-0.25, -0.2) is 4.98 Å². The maximum absolute atomic E-state index is 12.8. The average molecular weight is 462 g/mol. The van der Waals surface area contributed by atoms with E-state index in [0.29, 0.717) is 36.8 Å². The first-order valence-corrected chi connectivity index (χ1v) is 11.7. The van der Waals surface area contributed by atoms with Crippen LogP contribution < -0.4 is 19.7 Å². The molecule has 1 atom stereocenters. The summed E-state index contributed by atoms with van der Waals surface area (Å²) in [5, 5.41) is 3.89. The van der Waals surface area contributed by atoms with Crippen LogP contribution in [0.5, 0.6) is 11.5 Å². The summed E-state index contributed by atoms with van der Waals surface area (Å²) >= 11 is 1.46. The number of fused-ring (bicyclic) bond motifs is 2. The number of ether oxygens (including phenoxy) is 2. The molecule has 3 aromatic rings. The van der Waals surface area contributed by atoms with E-state index in [1.165, 1.54) is 11.8 Å². The monoisotopic (exact) mass is 461 g/mol. The molecule has 33 heavy (non-hydrogen) atoms. The van der Waals surface area contributed by atoms with E-state index in [0.717, 1.165) is 27.6 Å². The quantitative estimate of drug-likeness (QED) is 0.619. The maximum Gasteiger partial charge on any atom is 0.251 e. The van der Waals surface area contributed by atoms with Crippen molar-refractivity contribution in [2.24, 2.45) is 0 Å². The number of carbonyl (C=O) groups excluding carboxylic acids is 2. The molecule has 2 amide bonds. The Hall–Kier alpha value is -3.52. The van der Waals surface area contributed by atoms with Crippen molar-refractivity contribution >= 4 is 29.3 Å². The number of benzene rings is 2. The number of carbonyl (C=O) groups is 2. The van der Waals surface area contributed by atoms with Gasteiger partial charge in [0.25, 0.3) is 5.91 Å². The number of amides is 2. The number of rotatable bonds is 5. The molecule has 0 saturated heterocycles. The summed E-state index contributed by atoms with van der Waals surface area (Å²) < 4.78 is 11.2. The molecular weight excluding hydrogens is 438 g/mol. The van der Waals surface area contributed by atoms with Gasteiger partial charge in [-0.15, -0.1) is 0 Å². The fraction of sp³-hybridized carbons (Fsp3) is 0.240. The first kappa shape index (κ1) is 21.3. The smallest absolute Gasteiger partial charge is 0.251 e. The molecule has 0 saturated carbocycles. The molecule has 5 rings (SSSR count). The second-order valence-corrected chi connectivity index (χ2v) is 8.86. The number of pyridine rings is 1. The minimum absolute atomic E-state index is 0.0515. The van der Waals surface area contributed by atoms with Crippen molar-refractivity contribution < 1.29 is 19.1 Å². The molecule has 0 unspecified atom stereocenters. The van der Waals surface area contributed by atoms with Crippen LogP contribution in [0.3, 0.4) is 0 Å². The lowest BCUT2D eigenvalue weighted by molar-refractivity contribution is -0.116. The average Bonchev–Trinajstić information content (AvgIpc) is 2.86. The van der Waals surface area contributed by atoms with Gasteiger partial charge in [-0.05, 0) is 54.4 Å². The predicted molar refractivity (Wildman–Crippen MR) is 126 cm³/mol. The molecule has 0 fully saturated rings. The molecule has 2 aromatic carbocycles. The van der Waals surface area contributed by atoms with Gasteiger partial charge in [-0.1, -0.05) is 30.0 Å². The lowest BCUT2D eigenvalue weighted by Crippen LogP contribution is -2.35. The van der Waals surface area contributed by atoms with Gasteiger partial charge in [-0.2, -0.15) is 0 Å². The molecule has 3 heterocycles. The van der Waals surface area contributed by atoms with Crippen LogP contribution in [0.25, 0.3) is 0 Å². The Kier molecular flexibility index (Phi) is 5.92. The highest BCUT2D eigenvalue weighted by molar-refractivity contribution is 8.00. The number of anilines is 1. The summed E-state index contributed by atoms with van der Waals surface area (Å²) in [6.45, 7) is 3.44. The van der Waals surface area contributed by atoms with Gasteiger partial charge >= 0.3 is 0 Å². The summed E-state index contributed by atoms with van der Waals surface area (Å²) in [6, 6.07) is 16.6. The minimum atomic E-state index is -0.194. The molecule has 1 aromatic heterocycles. The number of nitrogens with zero attached hydrogens (tertiary/aromatic N) is 2. The molecule has 2 aliphatic rings. The lowest BCUT2D eigenvalue weighted by atomic mass is 10.1. The molecule has 0 bridgehead atoms. The molecular formula is C25H23N3O4S. The van der Waals surface area contributed by atoms with Gasteiger partial charge in [-0.3, -0.25) is 9.59 Å². The van der Waals surface area contributed by atoms with Gasteiger partial charge < -0.3 is 19.7 Å². The van der Waals surface area contributed by atoms with E-state index in [1.54, 1.807) is 23.2 Å². The van der Waals surface area contributed by atoms with Crippen molar-refractivity contribution in [2.75, 3.05) is 23.9 Å². The molecule has 0 spiro atoms. The molecule has 2 aliphatic heterocycles. The van der Waals surface area contributed by atoms with E-state index in [1.807, 2.05) is 49.4 Å². The van der Waals surface area contributed by atoms with Crippen LogP contribution in [-0.2, 0) is 11.3 Å². The van der Waals surface area contributed by atoms with Crippen molar-refractivity contribution in [3.63, 3.8) is 0 Å². The highest BCUT2D eigenvalue weighted by Crippen LogP contribution is 2.34. The summed E-state index contributed by atoms with van der Waals surface area (Å²) in [5.74, 6) is 1.69. The molecule has 8 heteroatoms. The van der Waals surface area contributed by atoms with Crippen molar-refractivity contribution in [1.29, 1.82) is 0 Å². The zero-order chi connectivity index (χ0) is 22.8. The summed E-state index contributed by atoms with van der Waals surface area (Å²) in [5.41, 5.74) is 3.28. The normalized spacial score (nSPS) is 15.5. The van der Waals surface area contributed by atoms with Crippen LogP contribution in [0.4, 0.5) is 5.69 Å². The van der Waals surface area contributed by atoms with Crippen LogP contribution in [-0.4, -0.2) is 35.8 Å². The molecule has 1 N–H and O–H groups in total. The van der Waals surface area contributed by atoms with Gasteiger partial charge in [0.15, 0.2) is 11.5 Å². The highest BCUT2D eigenvalue weighted by Gasteiger charge is 2.25. The first-order valence-electron chi connectivity index (χ1n) is 10.8. The fourth-order valence-corrected chi connectivity index (χ4v) is 4.73. The van der Waals surface area contributed by atoms with Crippen LogP contribution in [0, 0.1) is 0 Å². The zero-order valence-electron chi connectivity index (χ0n) is 18.1. The van der Waals surface area contributed by atoms with E-state index in [4.69, 9.17) is 9.47 Å². The van der Waals surface area contributed by atoms with Gasteiger partial charge in [0.1, 0.15) is 18.2 Å². The fourth-order valence-electron chi connectivity index (χ4n) is 3.85. The van der Waals surface area contributed by atoms with E-state index in [2.05, 4.69) is 10.3 Å². The lowest BCUT2D eigenvalue weighted by Gasteiger charge is -2.28. The van der Waals surface area contributed by atoms with Crippen LogP contribution in [0.15, 0.2) is 65.8 Å². The van der Waals surface area contributed by atoms with Crippen molar-refractivity contribution in [3.05, 3.63) is 77.5 Å². The Morgan fingerprint density at radius 1 is 1.12 bits per heavy atom. The summed E-state index contributed by atoms with van der Waals surface area (Å²) in [6.07, 6.45) is 1.74. The molecule has 7 nitrogen and oxygen atoms in total. The standard InChI is InChI=1S/C25H23N3O4S/c1-16(19-8-9-21-22(13-19)32-12-11-31-21)27-24(30)18-6-4-17(5-7-18)14-28-20-3-2-10-26-25(20)33-15-23(28)29/h2-10,13,16H,11-12,14-15H2,1H3,(H,27,30)/t16-/m0/s1. The first-order chi connectivity index (χ1) is 16.1. The maximum atomic E-state index is 12.8. The zero-order valence-corrected chi connectivity index (χ0v) is 18.9. The van der Waals surface area contributed by atoms with Gasteiger partial charge in [0.2, 0.25) is 5.91 Å². The van der Waals surface area contributed by atoms with Crippen LogP contribution in [0.2, 0.25) is 0 Å². The molecule has 0 radical (unpaired) electrons. The number of hydrogen-bond acceptors (Lipinski definition) is 6. The minimum Gasteiger partial charge on any atom is -0.486 e. The van der Waals surface area contributed by atoms with Crippen molar-refractivity contribution in [3.8, 4) is 11.5 Å². The third kappa shape index (κ3) is 4.52. The SMILES string of the molecule is C[C@H](NC(=O)c1ccc(CN2C(=O)CSc3ncccc32)cc1)c1ccc2c(c1)OCCO2. The highest BCUT2D eigenvalue weighted by atomic mass is 32.2. The molecule has 0 aliphatic carbocycles. The summed E-state index contributed by atoms with van der Waals surface area (Å²) in [7, 11) is 0. The number of hydrogen-bond donors (Lipinski definition) is 1. The third-order valence-corrected chi connectivity index (χ3v) is 6.63. The second kappa shape index (κ2) is 9.15. The second-order valence-electron chi connectivity index (χ2n) is 7.89. The van der Waals surface area contributed by atoms with E-state index < -0.39 is 0 Å². The van der Waals surface area contributed by atoms with E-state index in [9.17, 15) is 9.59 Å². The largest absolute Gasteiger partial charge is 0.486 e. The number of aromatic nitrogens is 1. The van der Waals surface area contributed by atoms with E-state index >= 15 is 0 Å². The van der Waals surface area contributed by atoms with E-state index in [-0.39, 0.29) is 17.9 Å². The summed E-state index contributed by atoms with van der Waals surface area (Å²) in [4.78, 5) is 31.4. The van der Waals surface area contributed by atoms with Crippen molar-refractivity contribution in [2.45, 2.75) is 24.5 Å². The van der Waals surface area contributed by atoms with Crippen molar-refractivity contribution in [1.82, 2.24) is 10.3 Å². The van der Waals surface area contributed by atoms with Crippen LogP contribution in [0.1, 0.15) is 34.5 Å². The van der Waals surface area contributed by atoms with Crippen LogP contribution >= 0.6 is 11.8 Å². The van der Waals surface area contributed by atoms with Gasteiger partial charge in [0.05, 0.1) is 24.0 Å². The Bertz CT molecular complexity index is 1200. The van der Waals surface area contributed by atoms with Gasteiger partial charge in [0, 0.05) is 11.8 Å². The number of nitrogens with one attached hydrogen (secondary N) is 1. The topological polar surface area (TPSA) is 80.8 Å². The number of thioether (sulfide) groups is 1. The Morgan fingerprint density at radius 3 is 2.73 bits per heavy atom. The molecule has 168 valence electrons. The Morgan fingerprint density at radius 2 is 1.91 bits per heavy atom. The predicted octanol–water partition coefficient (Wildman–Crippen LogP) is 3.98. The Labute approximate surface area is 196 Å². The Balaban J connectivity index is 1.25. The third-order valence-electron chi connectivity index (χ3n) is 5.65.